The predicted molar refractivity (Wildman–Crippen MR) is 134 cm³/mol. The summed E-state index contributed by atoms with van der Waals surface area (Å²) >= 11 is 0. The molecule has 6 rings (SSSR count). The summed E-state index contributed by atoms with van der Waals surface area (Å²) in [7, 11) is -3.22. The van der Waals surface area contributed by atoms with Gasteiger partial charge in [0.1, 0.15) is 6.07 Å². The van der Waals surface area contributed by atoms with Gasteiger partial charge in [-0.15, -0.1) is 0 Å². The van der Waals surface area contributed by atoms with Gasteiger partial charge in [-0.05, 0) is 61.1 Å². The fourth-order valence-corrected chi connectivity index (χ4v) is 6.80. The normalized spacial score (nSPS) is 20.1. The maximum Gasteiger partial charge on any atom is 0.235 e. The Morgan fingerprint density at radius 1 is 1.00 bits per heavy atom. The first-order valence-corrected chi connectivity index (χ1v) is 13.7. The molecule has 34 heavy (non-hydrogen) atoms. The van der Waals surface area contributed by atoms with Crippen molar-refractivity contribution in [2.24, 2.45) is 5.92 Å². The van der Waals surface area contributed by atoms with Crippen LogP contribution < -0.4 is 9.21 Å². The summed E-state index contributed by atoms with van der Waals surface area (Å²) in [4.78, 5) is 2.34. The van der Waals surface area contributed by atoms with E-state index in [0.29, 0.717) is 30.1 Å². The van der Waals surface area contributed by atoms with Crippen molar-refractivity contribution in [2.75, 3.05) is 47.8 Å². The number of rotatable bonds is 5. The van der Waals surface area contributed by atoms with Crippen LogP contribution in [0, 0.1) is 17.2 Å². The van der Waals surface area contributed by atoms with Gasteiger partial charge >= 0.3 is 0 Å². The number of fused-ring (bicyclic) bond motifs is 1. The van der Waals surface area contributed by atoms with Crippen molar-refractivity contribution < 1.29 is 13.2 Å². The molecule has 0 amide bonds. The zero-order valence-electron chi connectivity index (χ0n) is 19.1. The molecule has 0 N–H and O–H groups in total. The summed E-state index contributed by atoms with van der Waals surface area (Å²) in [6, 6.07) is 16.6. The number of aromatic nitrogens is 1. The molecule has 1 saturated carbocycles. The molecule has 3 aliphatic rings. The van der Waals surface area contributed by atoms with Gasteiger partial charge in [0, 0.05) is 37.3 Å². The van der Waals surface area contributed by atoms with Gasteiger partial charge in [0.2, 0.25) is 10.0 Å². The van der Waals surface area contributed by atoms with Gasteiger partial charge < -0.3 is 14.2 Å². The van der Waals surface area contributed by atoms with Gasteiger partial charge in [0.25, 0.3) is 0 Å². The van der Waals surface area contributed by atoms with E-state index in [1.165, 1.54) is 17.1 Å². The van der Waals surface area contributed by atoms with E-state index in [1.807, 2.05) is 24.3 Å². The summed E-state index contributed by atoms with van der Waals surface area (Å²) in [6.45, 7) is 4.62. The number of nitriles is 1. The number of anilines is 2. The van der Waals surface area contributed by atoms with Crippen LogP contribution in [0.1, 0.15) is 24.8 Å². The third kappa shape index (κ3) is 3.73. The van der Waals surface area contributed by atoms with Crippen LogP contribution in [-0.4, -0.2) is 51.6 Å². The first kappa shape index (κ1) is 21.5. The second kappa shape index (κ2) is 8.33. The summed E-state index contributed by atoms with van der Waals surface area (Å²) in [5.74, 6) is 0.844. The molecular formula is C26H28N4O3S. The van der Waals surface area contributed by atoms with Crippen molar-refractivity contribution in [3.63, 3.8) is 0 Å². The molecule has 0 radical (unpaired) electrons. The summed E-state index contributed by atoms with van der Waals surface area (Å²) in [5, 5.41) is 11.2. The molecule has 0 unspecified atom stereocenters. The highest BCUT2D eigenvalue weighted by Crippen LogP contribution is 2.40. The predicted octanol–water partition coefficient (Wildman–Crippen LogP) is 3.97. The number of hydrogen-bond donors (Lipinski definition) is 0. The molecule has 3 heterocycles. The summed E-state index contributed by atoms with van der Waals surface area (Å²) in [6.07, 6.45) is 3.09. The minimum Gasteiger partial charge on any atom is -0.378 e. The molecule has 0 atom stereocenters. The molecule has 0 bridgehead atoms. The number of hydrogen-bond acceptors (Lipinski definition) is 5. The van der Waals surface area contributed by atoms with Crippen molar-refractivity contribution in [3.05, 3.63) is 48.0 Å². The van der Waals surface area contributed by atoms with Crippen LogP contribution in [-0.2, 0) is 21.3 Å². The van der Waals surface area contributed by atoms with Crippen molar-refractivity contribution >= 4 is 32.3 Å². The van der Waals surface area contributed by atoms with E-state index < -0.39 is 10.0 Å². The van der Waals surface area contributed by atoms with Gasteiger partial charge in [0.05, 0.1) is 41.4 Å². The zero-order valence-corrected chi connectivity index (χ0v) is 19.9. The average Bonchev–Trinajstić information content (AvgIpc) is 3.54. The van der Waals surface area contributed by atoms with Crippen molar-refractivity contribution in [1.29, 1.82) is 5.26 Å². The van der Waals surface area contributed by atoms with Crippen LogP contribution in [0.4, 0.5) is 11.4 Å². The standard InChI is InChI=1S/C26H28N4O3S/c27-17-24-23-9-8-22(28-11-13-33-14-12-28)16-25(23)29(18-19-2-3-19)26(24)20-4-6-21(7-5-20)30-10-1-15-34(30,31)32/h4-9,16,19H,1-3,10-15,18H2. The quantitative estimate of drug-likeness (QED) is 0.557. The Labute approximate surface area is 200 Å². The molecule has 1 aliphatic carbocycles. The molecule has 1 aromatic heterocycles. The van der Waals surface area contributed by atoms with E-state index in [0.717, 1.165) is 60.7 Å². The van der Waals surface area contributed by atoms with Crippen molar-refractivity contribution in [3.8, 4) is 17.3 Å². The van der Waals surface area contributed by atoms with Gasteiger partial charge in [-0.25, -0.2) is 8.42 Å². The van der Waals surface area contributed by atoms with Crippen LogP contribution >= 0.6 is 0 Å². The minimum absolute atomic E-state index is 0.203. The number of benzene rings is 2. The lowest BCUT2D eigenvalue weighted by Crippen LogP contribution is -2.36. The molecule has 2 aliphatic heterocycles. The van der Waals surface area contributed by atoms with E-state index in [9.17, 15) is 13.7 Å². The zero-order chi connectivity index (χ0) is 23.3. The maximum atomic E-state index is 12.3. The molecule has 7 nitrogen and oxygen atoms in total. The number of morpholine rings is 1. The van der Waals surface area contributed by atoms with E-state index in [2.05, 4.69) is 33.7 Å². The Morgan fingerprint density at radius 3 is 2.38 bits per heavy atom. The molecular weight excluding hydrogens is 448 g/mol. The van der Waals surface area contributed by atoms with E-state index in [1.54, 1.807) is 0 Å². The molecule has 2 saturated heterocycles. The van der Waals surface area contributed by atoms with Crippen LogP contribution in [0.15, 0.2) is 42.5 Å². The van der Waals surface area contributed by atoms with Gasteiger partial charge in [-0.3, -0.25) is 4.31 Å². The fourth-order valence-electron chi connectivity index (χ4n) is 5.23. The van der Waals surface area contributed by atoms with Crippen LogP contribution in [0.5, 0.6) is 0 Å². The lowest BCUT2D eigenvalue weighted by molar-refractivity contribution is 0.122. The first-order valence-electron chi connectivity index (χ1n) is 12.0. The SMILES string of the molecule is N#Cc1c(-c2ccc(N3CCCS3(=O)=O)cc2)n(CC2CC2)c2cc(N3CCOCC3)ccc12. The third-order valence-electron chi connectivity index (χ3n) is 7.20. The lowest BCUT2D eigenvalue weighted by Gasteiger charge is -2.29. The van der Waals surface area contributed by atoms with E-state index in [-0.39, 0.29) is 5.75 Å². The highest BCUT2D eigenvalue weighted by Gasteiger charge is 2.29. The summed E-state index contributed by atoms with van der Waals surface area (Å²) in [5.41, 5.74) is 5.51. The molecule has 8 heteroatoms. The molecule has 2 aromatic carbocycles. The van der Waals surface area contributed by atoms with Crippen LogP contribution in [0.2, 0.25) is 0 Å². The largest absolute Gasteiger partial charge is 0.378 e. The number of nitrogens with zero attached hydrogens (tertiary/aromatic N) is 4. The lowest BCUT2D eigenvalue weighted by atomic mass is 10.1. The van der Waals surface area contributed by atoms with E-state index >= 15 is 0 Å². The van der Waals surface area contributed by atoms with Crippen molar-refractivity contribution in [1.82, 2.24) is 4.57 Å². The fraction of sp³-hybridized carbons (Fsp3) is 0.423. The third-order valence-corrected chi connectivity index (χ3v) is 9.07. The second-order valence-electron chi connectivity index (χ2n) is 9.48. The molecule has 0 spiro atoms. The van der Waals surface area contributed by atoms with E-state index in [4.69, 9.17) is 4.74 Å². The highest BCUT2D eigenvalue weighted by molar-refractivity contribution is 7.93. The Bertz CT molecular complexity index is 1380. The Hall–Kier alpha value is -3.02. The second-order valence-corrected chi connectivity index (χ2v) is 11.5. The monoisotopic (exact) mass is 476 g/mol. The first-order chi connectivity index (χ1) is 16.5. The highest BCUT2D eigenvalue weighted by atomic mass is 32.2. The maximum absolute atomic E-state index is 12.3. The average molecular weight is 477 g/mol. The van der Waals surface area contributed by atoms with Crippen molar-refractivity contribution in [2.45, 2.75) is 25.8 Å². The molecule has 3 aromatic rings. The van der Waals surface area contributed by atoms with Gasteiger partial charge in [0.15, 0.2) is 0 Å². The Balaban J connectivity index is 1.46. The smallest absolute Gasteiger partial charge is 0.235 e. The number of ether oxygens (including phenoxy) is 1. The van der Waals surface area contributed by atoms with Gasteiger partial charge in [-0.1, -0.05) is 12.1 Å². The number of sulfonamides is 1. The Kier molecular flexibility index (Phi) is 5.27. The summed E-state index contributed by atoms with van der Waals surface area (Å²) < 4.78 is 34.0. The van der Waals surface area contributed by atoms with Gasteiger partial charge in [-0.2, -0.15) is 5.26 Å². The van der Waals surface area contributed by atoms with Crippen LogP contribution in [0.3, 0.4) is 0 Å². The molecule has 3 fully saturated rings. The van der Waals surface area contributed by atoms with Crippen LogP contribution in [0.25, 0.3) is 22.2 Å². The minimum atomic E-state index is -3.22. The Morgan fingerprint density at radius 2 is 1.74 bits per heavy atom. The molecule has 176 valence electrons. The topological polar surface area (TPSA) is 78.6 Å².